The van der Waals surface area contributed by atoms with E-state index in [1.165, 1.54) is 13.8 Å². The van der Waals surface area contributed by atoms with Crippen LogP contribution in [0.2, 0.25) is 0 Å². The molecule has 0 spiro atoms. The standard InChI is InChI=1S/C23H27NO5/c1-14(2)20-10-9-15(3)11-21(20)28-13-22(26)29-17(5)23(27)24-19-8-6-7-18(12-19)16(4)25/h6-12,14,17H,13H2,1-5H3,(H,24,27)/t17-/m1/s1. The summed E-state index contributed by atoms with van der Waals surface area (Å²) in [6.07, 6.45) is -1.01. The molecule has 1 amide bonds. The first-order valence-electron chi connectivity index (χ1n) is 9.52. The van der Waals surface area contributed by atoms with Gasteiger partial charge >= 0.3 is 5.97 Å². The number of aryl methyl sites for hydroxylation is 1. The van der Waals surface area contributed by atoms with Crippen LogP contribution in [0.3, 0.4) is 0 Å². The molecule has 0 aromatic heterocycles. The molecule has 0 aliphatic carbocycles. The van der Waals surface area contributed by atoms with Crippen molar-refractivity contribution in [1.29, 1.82) is 0 Å². The molecule has 0 aliphatic heterocycles. The minimum Gasteiger partial charge on any atom is -0.482 e. The van der Waals surface area contributed by atoms with Crippen molar-refractivity contribution in [1.82, 2.24) is 0 Å². The number of carbonyl (C=O) groups is 3. The van der Waals surface area contributed by atoms with Crippen LogP contribution in [0, 0.1) is 6.92 Å². The molecular formula is C23H27NO5. The maximum Gasteiger partial charge on any atom is 0.344 e. The Hall–Kier alpha value is -3.15. The first-order valence-corrected chi connectivity index (χ1v) is 9.52. The van der Waals surface area contributed by atoms with E-state index in [1.807, 2.05) is 39.0 Å². The lowest BCUT2D eigenvalue weighted by Gasteiger charge is -2.16. The predicted octanol–water partition coefficient (Wildman–Crippen LogP) is 4.27. The van der Waals surface area contributed by atoms with Crippen molar-refractivity contribution in [3.05, 3.63) is 59.2 Å². The third kappa shape index (κ3) is 6.45. The van der Waals surface area contributed by atoms with Gasteiger partial charge in [-0.05, 0) is 56.0 Å². The van der Waals surface area contributed by atoms with E-state index in [-0.39, 0.29) is 18.3 Å². The molecule has 0 heterocycles. The normalized spacial score (nSPS) is 11.7. The molecule has 0 saturated heterocycles. The molecule has 1 atom stereocenters. The van der Waals surface area contributed by atoms with Crippen LogP contribution in [-0.4, -0.2) is 30.4 Å². The number of benzene rings is 2. The molecule has 0 fully saturated rings. The van der Waals surface area contributed by atoms with Crippen LogP contribution in [0.5, 0.6) is 5.75 Å². The first kappa shape index (κ1) is 22.1. The monoisotopic (exact) mass is 397 g/mol. The average Bonchev–Trinajstić information content (AvgIpc) is 2.66. The van der Waals surface area contributed by atoms with Crippen molar-refractivity contribution in [2.24, 2.45) is 0 Å². The Balaban J connectivity index is 1.92. The van der Waals surface area contributed by atoms with Crippen LogP contribution in [-0.2, 0) is 14.3 Å². The summed E-state index contributed by atoms with van der Waals surface area (Å²) in [4.78, 5) is 35.8. The number of rotatable bonds is 8. The lowest BCUT2D eigenvalue weighted by molar-refractivity contribution is -0.155. The van der Waals surface area contributed by atoms with Gasteiger partial charge in [0.15, 0.2) is 18.5 Å². The molecule has 2 rings (SSSR count). The molecule has 2 aromatic carbocycles. The molecule has 0 saturated carbocycles. The number of hydrogen-bond donors (Lipinski definition) is 1. The summed E-state index contributed by atoms with van der Waals surface area (Å²) >= 11 is 0. The number of esters is 1. The third-order valence-corrected chi connectivity index (χ3v) is 4.35. The summed E-state index contributed by atoms with van der Waals surface area (Å²) in [6.45, 7) is 8.68. The predicted molar refractivity (Wildman–Crippen MR) is 111 cm³/mol. The summed E-state index contributed by atoms with van der Waals surface area (Å²) < 4.78 is 10.8. The average molecular weight is 397 g/mol. The molecular weight excluding hydrogens is 370 g/mol. The van der Waals surface area contributed by atoms with E-state index in [0.717, 1.165) is 11.1 Å². The number of hydrogen-bond acceptors (Lipinski definition) is 5. The van der Waals surface area contributed by atoms with Gasteiger partial charge in [-0.25, -0.2) is 4.79 Å². The zero-order chi connectivity index (χ0) is 21.6. The summed E-state index contributed by atoms with van der Waals surface area (Å²) in [5.41, 5.74) is 2.97. The van der Waals surface area contributed by atoms with Gasteiger partial charge in [0.05, 0.1) is 0 Å². The molecule has 1 N–H and O–H groups in total. The van der Waals surface area contributed by atoms with Crippen molar-refractivity contribution in [3.63, 3.8) is 0 Å². The van der Waals surface area contributed by atoms with E-state index < -0.39 is 18.0 Å². The van der Waals surface area contributed by atoms with Gasteiger partial charge < -0.3 is 14.8 Å². The number of anilines is 1. The highest BCUT2D eigenvalue weighted by molar-refractivity contribution is 5.98. The van der Waals surface area contributed by atoms with Gasteiger partial charge in [-0.15, -0.1) is 0 Å². The lowest BCUT2D eigenvalue weighted by Crippen LogP contribution is -2.31. The Kier molecular flexibility index (Phi) is 7.53. The van der Waals surface area contributed by atoms with Crippen LogP contribution in [0.1, 0.15) is 55.1 Å². The van der Waals surface area contributed by atoms with Crippen molar-refractivity contribution in [3.8, 4) is 5.75 Å². The van der Waals surface area contributed by atoms with Gasteiger partial charge in [0.1, 0.15) is 5.75 Å². The van der Waals surface area contributed by atoms with E-state index >= 15 is 0 Å². The molecule has 0 unspecified atom stereocenters. The number of ketones is 1. The SMILES string of the molecule is CC(=O)c1cccc(NC(=O)[C@@H](C)OC(=O)COc2cc(C)ccc2C(C)C)c1. The van der Waals surface area contributed by atoms with Crippen molar-refractivity contribution in [2.75, 3.05) is 11.9 Å². The molecule has 154 valence electrons. The number of carbonyl (C=O) groups excluding carboxylic acids is 3. The van der Waals surface area contributed by atoms with Gasteiger partial charge in [-0.3, -0.25) is 9.59 Å². The van der Waals surface area contributed by atoms with Gasteiger partial charge in [0.25, 0.3) is 5.91 Å². The van der Waals surface area contributed by atoms with Gasteiger partial charge in [-0.1, -0.05) is 38.1 Å². The van der Waals surface area contributed by atoms with Gasteiger partial charge in [0.2, 0.25) is 0 Å². The summed E-state index contributed by atoms with van der Waals surface area (Å²) in [5, 5.41) is 2.64. The fourth-order valence-corrected chi connectivity index (χ4v) is 2.72. The van der Waals surface area contributed by atoms with Crippen molar-refractivity contribution in [2.45, 2.75) is 46.6 Å². The summed E-state index contributed by atoms with van der Waals surface area (Å²) in [5.74, 6) is -0.347. The van der Waals surface area contributed by atoms with E-state index in [1.54, 1.807) is 24.3 Å². The molecule has 0 bridgehead atoms. The Morgan fingerprint density at radius 1 is 1.03 bits per heavy atom. The minimum absolute atomic E-state index is 0.102. The quantitative estimate of drug-likeness (QED) is 0.531. The molecule has 6 heteroatoms. The van der Waals surface area contributed by atoms with Crippen molar-refractivity contribution >= 4 is 23.3 Å². The zero-order valence-electron chi connectivity index (χ0n) is 17.4. The van der Waals surface area contributed by atoms with Crippen LogP contribution in [0.15, 0.2) is 42.5 Å². The largest absolute Gasteiger partial charge is 0.482 e. The van der Waals surface area contributed by atoms with E-state index in [4.69, 9.17) is 9.47 Å². The molecule has 29 heavy (non-hydrogen) atoms. The minimum atomic E-state index is -1.01. The van der Waals surface area contributed by atoms with Gasteiger partial charge in [0, 0.05) is 11.3 Å². The van der Waals surface area contributed by atoms with E-state index in [0.29, 0.717) is 17.0 Å². The van der Waals surface area contributed by atoms with Crippen molar-refractivity contribution < 1.29 is 23.9 Å². The third-order valence-electron chi connectivity index (χ3n) is 4.35. The number of nitrogens with one attached hydrogen (secondary N) is 1. The fourth-order valence-electron chi connectivity index (χ4n) is 2.72. The first-order chi connectivity index (χ1) is 13.7. The lowest BCUT2D eigenvalue weighted by atomic mass is 10.0. The number of ether oxygens (including phenoxy) is 2. The smallest absolute Gasteiger partial charge is 0.344 e. The number of Topliss-reactive ketones (excluding diaryl/α,β-unsaturated/α-hetero) is 1. The topological polar surface area (TPSA) is 81.7 Å². The molecule has 0 radical (unpaired) electrons. The van der Waals surface area contributed by atoms with Crippen LogP contribution in [0.25, 0.3) is 0 Å². The Bertz CT molecular complexity index is 904. The molecule has 0 aliphatic rings. The second-order valence-electron chi connectivity index (χ2n) is 7.24. The Morgan fingerprint density at radius 3 is 2.41 bits per heavy atom. The number of amides is 1. The fraction of sp³-hybridized carbons (Fsp3) is 0.348. The summed E-state index contributed by atoms with van der Waals surface area (Å²) in [7, 11) is 0. The highest BCUT2D eigenvalue weighted by Crippen LogP contribution is 2.27. The highest BCUT2D eigenvalue weighted by Gasteiger charge is 2.19. The summed E-state index contributed by atoms with van der Waals surface area (Å²) in [6, 6.07) is 12.4. The van der Waals surface area contributed by atoms with Crippen LogP contribution >= 0.6 is 0 Å². The van der Waals surface area contributed by atoms with Gasteiger partial charge in [-0.2, -0.15) is 0 Å². The van der Waals surface area contributed by atoms with E-state index in [2.05, 4.69) is 5.32 Å². The maximum atomic E-state index is 12.3. The van der Waals surface area contributed by atoms with Crippen LogP contribution < -0.4 is 10.1 Å². The second-order valence-corrected chi connectivity index (χ2v) is 7.24. The Labute approximate surface area is 171 Å². The molecule has 2 aromatic rings. The van der Waals surface area contributed by atoms with E-state index in [9.17, 15) is 14.4 Å². The second kappa shape index (κ2) is 9.87. The Morgan fingerprint density at radius 2 is 1.76 bits per heavy atom. The molecule has 6 nitrogen and oxygen atoms in total. The highest BCUT2D eigenvalue weighted by atomic mass is 16.6. The maximum absolute atomic E-state index is 12.3. The zero-order valence-corrected chi connectivity index (χ0v) is 17.4. The van der Waals surface area contributed by atoms with Crippen LogP contribution in [0.4, 0.5) is 5.69 Å².